The molecule has 8 aliphatic carbocycles. The lowest BCUT2D eigenvalue weighted by Gasteiger charge is -2.57. The van der Waals surface area contributed by atoms with Crippen LogP contribution in [0.1, 0.15) is 174 Å². The van der Waals surface area contributed by atoms with Gasteiger partial charge in [0.25, 0.3) is 6.54 Å². The quantitative estimate of drug-likeness (QED) is 0.171. The van der Waals surface area contributed by atoms with Gasteiger partial charge in [-0.2, -0.15) is 15.5 Å². The number of nitriles is 1. The maximum absolute atomic E-state index is 11.9. The fourth-order valence-electron chi connectivity index (χ4n) is 19.2. The second kappa shape index (κ2) is 20.0. The Hall–Kier alpha value is -2.76. The van der Waals surface area contributed by atoms with Gasteiger partial charge in [0, 0.05) is 32.1 Å². The SMILES string of the molecule is CCOC[C@@]1(O)CC[C@H]2[C@H](CC[C@@H]3[C@@H]2CC[C@]2(C)[C@@H]([C@@H](CC)Cn4ccc(C#[N+]CCOC[C@@]5(O)CC[C@H]6[C@H](CC[C@@H]7[C@@H]6CC[C@]6(C)[C@@H]([C@H](CC)Cn8ccc(C#N)n8)CC[C@@H]76)C5)n4)CC[C@@H]32)C1. The molecule has 0 saturated heterocycles. The van der Waals surface area contributed by atoms with Crippen molar-refractivity contribution in [2.75, 3.05) is 33.0 Å². The molecule has 10 nitrogen and oxygen atoms in total. The van der Waals surface area contributed by atoms with Crippen molar-refractivity contribution in [2.45, 2.75) is 187 Å². The Morgan fingerprint density at radius 1 is 0.647 bits per heavy atom. The molecular formula is C58H89N6O4+. The topological polar surface area (TPSA) is 123 Å². The third-order valence-electron chi connectivity index (χ3n) is 22.3. The van der Waals surface area contributed by atoms with Crippen molar-refractivity contribution in [1.29, 1.82) is 5.26 Å². The molecule has 0 unspecified atom stereocenters. The summed E-state index contributed by atoms with van der Waals surface area (Å²) in [5, 5.41) is 42.0. The van der Waals surface area contributed by atoms with Gasteiger partial charge in [-0.05, 0) is 228 Å². The van der Waals surface area contributed by atoms with Gasteiger partial charge in [-0.1, -0.05) is 45.4 Å². The lowest BCUT2D eigenvalue weighted by Crippen LogP contribution is -2.52. The number of fused-ring (bicyclic) bond motifs is 10. The zero-order valence-electron chi connectivity index (χ0n) is 42.9. The van der Waals surface area contributed by atoms with Crippen molar-refractivity contribution in [3.05, 3.63) is 40.8 Å². The van der Waals surface area contributed by atoms with E-state index in [1.54, 1.807) is 0 Å². The van der Waals surface area contributed by atoms with E-state index in [-0.39, 0.29) is 0 Å². The molecule has 2 aromatic rings. The minimum absolute atomic E-state index is 0.399. The molecular weight excluding hydrogens is 845 g/mol. The molecule has 10 rings (SSSR count). The fourth-order valence-corrected chi connectivity index (χ4v) is 19.2. The molecule has 10 heteroatoms. The standard InChI is InChI=1S/C58H89N6O4/c1-6-39(35-63-28-21-43(33-59)61-63)51-13-15-53-50-12-10-42-32-58(66,26-20-46(42)48(50)18-23-55(51,53)4)38-68-30-27-60-34-44-22-29-64(62-44)36-40(7-2)52-14-16-54-49-11-9-41-31-57(65,37-67-8-3)25-19-45(41)47(49)17-24-56(52,54)5/h21-22,28-29,39-42,45-54,65-66H,6-20,23-27,30-32,35-38H2,1-5H3/q+1/t39-,40+,41-,42-,45+,46+,47-,48-,49-,50-,51-,52-,53+,54+,55-,56-,57-,58-/m1/s1. The third-order valence-corrected chi connectivity index (χ3v) is 22.3. The summed E-state index contributed by atoms with van der Waals surface area (Å²) in [5.41, 5.74) is 0.799. The smallest absolute Gasteiger partial charge is 0.333 e. The average Bonchev–Trinajstić information content (AvgIpc) is 4.15. The summed E-state index contributed by atoms with van der Waals surface area (Å²) in [7, 11) is 0. The highest BCUT2D eigenvalue weighted by Crippen LogP contribution is 2.68. The Labute approximate surface area is 409 Å². The summed E-state index contributed by atoms with van der Waals surface area (Å²) < 4.78 is 16.1. The second-order valence-electron chi connectivity index (χ2n) is 25.2. The summed E-state index contributed by atoms with van der Waals surface area (Å²) in [6.07, 6.45) is 28.5. The van der Waals surface area contributed by atoms with Gasteiger partial charge in [0.05, 0.1) is 24.4 Å². The van der Waals surface area contributed by atoms with Crippen molar-refractivity contribution in [1.82, 2.24) is 19.6 Å². The Balaban J connectivity index is 0.664. The zero-order valence-corrected chi connectivity index (χ0v) is 42.9. The number of nitrogens with zero attached hydrogens (tertiary/aromatic N) is 6. The third kappa shape index (κ3) is 9.31. The van der Waals surface area contributed by atoms with Crippen LogP contribution < -0.4 is 0 Å². The van der Waals surface area contributed by atoms with Crippen LogP contribution in [-0.2, 0) is 22.6 Å². The van der Waals surface area contributed by atoms with E-state index in [9.17, 15) is 15.5 Å². The van der Waals surface area contributed by atoms with E-state index in [4.69, 9.17) is 14.6 Å². The van der Waals surface area contributed by atoms with E-state index >= 15 is 0 Å². The molecule has 2 aromatic heterocycles. The first-order valence-electron chi connectivity index (χ1n) is 28.4. The molecule has 0 bridgehead atoms. The van der Waals surface area contributed by atoms with Gasteiger partial charge in [-0.25, -0.2) is 0 Å². The monoisotopic (exact) mass is 934 g/mol. The number of aromatic nitrogens is 4. The van der Waals surface area contributed by atoms with Crippen LogP contribution in [0.25, 0.3) is 4.85 Å². The van der Waals surface area contributed by atoms with Gasteiger partial charge in [0.15, 0.2) is 5.69 Å². The predicted octanol–water partition coefficient (Wildman–Crippen LogP) is 11.4. The highest BCUT2D eigenvalue weighted by atomic mass is 16.5. The molecule has 0 spiro atoms. The van der Waals surface area contributed by atoms with Crippen LogP contribution in [0.15, 0.2) is 24.5 Å². The molecule has 374 valence electrons. The largest absolute Gasteiger partial charge is 0.387 e. The number of hydrogen-bond donors (Lipinski definition) is 2. The summed E-state index contributed by atoms with van der Waals surface area (Å²) in [6.45, 7) is 16.6. The summed E-state index contributed by atoms with van der Waals surface area (Å²) >= 11 is 0. The summed E-state index contributed by atoms with van der Waals surface area (Å²) in [5.74, 6) is 10.5. The molecule has 0 radical (unpaired) electrons. The number of rotatable bonds is 15. The van der Waals surface area contributed by atoms with E-state index in [1.165, 1.54) is 89.9 Å². The minimum Gasteiger partial charge on any atom is -0.387 e. The molecule has 2 heterocycles. The van der Waals surface area contributed by atoms with Gasteiger partial charge in [-0.3, -0.25) is 9.36 Å². The Morgan fingerprint density at radius 2 is 1.15 bits per heavy atom. The van der Waals surface area contributed by atoms with Crippen molar-refractivity contribution in [3.63, 3.8) is 0 Å². The maximum Gasteiger partial charge on any atom is 0.333 e. The lowest BCUT2D eigenvalue weighted by molar-refractivity contribution is -0.130. The van der Waals surface area contributed by atoms with E-state index in [2.05, 4.69) is 66.7 Å². The van der Waals surface area contributed by atoms with Gasteiger partial charge < -0.3 is 19.7 Å². The highest BCUT2D eigenvalue weighted by molar-refractivity contribution is 5.22. The van der Waals surface area contributed by atoms with Crippen molar-refractivity contribution in [3.8, 4) is 12.1 Å². The van der Waals surface area contributed by atoms with Crippen LogP contribution in [0.3, 0.4) is 0 Å². The molecule has 8 aliphatic rings. The van der Waals surface area contributed by atoms with Gasteiger partial charge in [0.1, 0.15) is 12.7 Å². The van der Waals surface area contributed by atoms with Crippen LogP contribution in [0.5, 0.6) is 0 Å². The maximum atomic E-state index is 11.9. The van der Waals surface area contributed by atoms with E-state index < -0.39 is 11.2 Å². The van der Waals surface area contributed by atoms with Gasteiger partial charge in [0.2, 0.25) is 5.69 Å². The van der Waals surface area contributed by atoms with Crippen molar-refractivity contribution in [2.24, 2.45) is 93.7 Å². The molecule has 68 heavy (non-hydrogen) atoms. The van der Waals surface area contributed by atoms with E-state index in [1.807, 2.05) is 23.9 Å². The molecule has 0 amide bonds. The fraction of sp³-hybridized carbons (Fsp3) is 0.862. The Bertz CT molecular complexity index is 2140. The summed E-state index contributed by atoms with van der Waals surface area (Å²) in [4.78, 5) is 4.61. The molecule has 8 fully saturated rings. The molecule has 8 saturated carbocycles. The van der Waals surface area contributed by atoms with Crippen LogP contribution in [-0.4, -0.2) is 73.9 Å². The van der Waals surface area contributed by atoms with Gasteiger partial charge in [-0.15, -0.1) is 0 Å². The lowest BCUT2D eigenvalue weighted by atomic mass is 9.48. The normalized spacial score (nSPS) is 42.5. The van der Waals surface area contributed by atoms with E-state index in [0.29, 0.717) is 73.2 Å². The van der Waals surface area contributed by atoms with Crippen LogP contribution in [0, 0.1) is 111 Å². The number of ether oxygens (including phenoxy) is 2. The zero-order chi connectivity index (χ0) is 47.3. The van der Waals surface area contributed by atoms with Crippen LogP contribution >= 0.6 is 0 Å². The number of hydrogen-bond acceptors (Lipinski definition) is 7. The predicted molar refractivity (Wildman–Crippen MR) is 266 cm³/mol. The Kier molecular flexibility index (Phi) is 14.4. The first kappa shape index (κ1) is 48.8. The van der Waals surface area contributed by atoms with Crippen molar-refractivity contribution < 1.29 is 19.7 Å². The molecule has 2 N–H and O–H groups in total. The first-order chi connectivity index (χ1) is 32.9. The van der Waals surface area contributed by atoms with Crippen LogP contribution in [0.4, 0.5) is 0 Å². The van der Waals surface area contributed by atoms with Crippen molar-refractivity contribution >= 4 is 0 Å². The molecule has 0 aliphatic heterocycles. The Morgan fingerprint density at radius 3 is 1.65 bits per heavy atom. The molecule has 0 aromatic carbocycles. The minimum atomic E-state index is -0.729. The van der Waals surface area contributed by atoms with Crippen LogP contribution in [0.2, 0.25) is 0 Å². The average molecular weight is 934 g/mol. The molecule has 18 atom stereocenters. The number of aliphatic hydroxyl groups is 2. The van der Waals surface area contributed by atoms with Gasteiger partial charge >= 0.3 is 6.07 Å². The first-order valence-corrected chi connectivity index (χ1v) is 28.4. The highest BCUT2D eigenvalue weighted by Gasteiger charge is 2.60. The van der Waals surface area contributed by atoms with E-state index in [0.717, 1.165) is 116 Å². The second-order valence-corrected chi connectivity index (χ2v) is 25.2. The summed E-state index contributed by atoms with van der Waals surface area (Å²) in [6, 6.07) is 9.33.